The van der Waals surface area contributed by atoms with Crippen molar-refractivity contribution in [3.8, 4) is 0 Å². The van der Waals surface area contributed by atoms with Crippen molar-refractivity contribution in [2.24, 2.45) is 0 Å². The van der Waals surface area contributed by atoms with Gasteiger partial charge in [-0.15, -0.1) is 0 Å². The third-order valence-electron chi connectivity index (χ3n) is 3.93. The number of aryl methyl sites for hydroxylation is 1. The smallest absolute Gasteiger partial charge is 0.413 e. The summed E-state index contributed by atoms with van der Waals surface area (Å²) < 4.78 is 15.2. The summed E-state index contributed by atoms with van der Waals surface area (Å²) >= 11 is 0. The van der Waals surface area contributed by atoms with Crippen molar-refractivity contribution in [2.45, 2.75) is 39.2 Å². The van der Waals surface area contributed by atoms with E-state index in [-0.39, 0.29) is 0 Å². The number of carbonyl (C=O) groups is 3. The van der Waals surface area contributed by atoms with E-state index in [0.717, 1.165) is 48.7 Å². The third kappa shape index (κ3) is 5.44. The second kappa shape index (κ2) is 9.56. The second-order valence-electron chi connectivity index (χ2n) is 5.93. The first kappa shape index (κ1) is 20.2. The minimum absolute atomic E-state index is 0.700. The summed E-state index contributed by atoms with van der Waals surface area (Å²) in [7, 11) is 1.13. The molecule has 7 nitrogen and oxygen atoms in total. The molecule has 1 aromatic heterocycles. The van der Waals surface area contributed by atoms with E-state index in [9.17, 15) is 14.4 Å². The number of ether oxygens (including phenoxy) is 2. The Hall–Kier alpha value is -3.09. The number of imide groups is 1. The molecular weight excluding hydrogens is 350 g/mol. The average molecular weight is 373 g/mol. The highest BCUT2D eigenvalue weighted by molar-refractivity contribution is 5.97. The Morgan fingerprint density at radius 1 is 1.26 bits per heavy atom. The van der Waals surface area contributed by atoms with Crippen LogP contribution in [0.1, 0.15) is 38.0 Å². The molecule has 7 heteroatoms. The predicted molar refractivity (Wildman–Crippen MR) is 100.0 cm³/mol. The molecule has 1 heterocycles. The zero-order valence-corrected chi connectivity index (χ0v) is 15.6. The molecule has 0 aliphatic rings. The normalized spacial score (nSPS) is 12.1. The van der Waals surface area contributed by atoms with E-state index in [1.54, 1.807) is 6.08 Å². The van der Waals surface area contributed by atoms with Crippen LogP contribution in [0.25, 0.3) is 17.0 Å². The van der Waals surface area contributed by atoms with Gasteiger partial charge in [-0.05, 0) is 25.5 Å². The largest absolute Gasteiger partial charge is 0.460 e. The van der Waals surface area contributed by atoms with Crippen LogP contribution >= 0.6 is 0 Å². The van der Waals surface area contributed by atoms with Crippen molar-refractivity contribution < 1.29 is 28.3 Å². The number of fused-ring (bicyclic) bond motifs is 1. The van der Waals surface area contributed by atoms with Crippen LogP contribution in [-0.4, -0.2) is 31.2 Å². The predicted octanol–water partition coefficient (Wildman–Crippen LogP) is 3.60. The Labute approximate surface area is 157 Å². The van der Waals surface area contributed by atoms with Gasteiger partial charge in [-0.2, -0.15) is 0 Å². The molecule has 0 spiro atoms. The first-order valence-corrected chi connectivity index (χ1v) is 8.74. The topological polar surface area (TPSA) is 94.8 Å². The van der Waals surface area contributed by atoms with Crippen molar-refractivity contribution in [2.75, 3.05) is 7.11 Å². The zero-order valence-electron chi connectivity index (χ0n) is 15.6. The van der Waals surface area contributed by atoms with E-state index in [2.05, 4.69) is 11.7 Å². The maximum atomic E-state index is 12.0. The summed E-state index contributed by atoms with van der Waals surface area (Å²) in [4.78, 5) is 34.8. The fourth-order valence-electron chi connectivity index (χ4n) is 2.49. The van der Waals surface area contributed by atoms with Gasteiger partial charge in [-0.25, -0.2) is 9.59 Å². The molecule has 27 heavy (non-hydrogen) atoms. The Morgan fingerprint density at radius 2 is 2.00 bits per heavy atom. The Kier molecular flexibility index (Phi) is 7.16. The van der Waals surface area contributed by atoms with Gasteiger partial charge < -0.3 is 13.9 Å². The van der Waals surface area contributed by atoms with Crippen LogP contribution < -0.4 is 5.32 Å². The monoisotopic (exact) mass is 373 g/mol. The summed E-state index contributed by atoms with van der Waals surface area (Å²) in [5.74, 6) is -0.659. The molecule has 0 saturated heterocycles. The fourth-order valence-corrected chi connectivity index (χ4v) is 2.49. The molecule has 2 rings (SSSR count). The molecule has 2 amide bonds. The van der Waals surface area contributed by atoms with Gasteiger partial charge in [0, 0.05) is 23.4 Å². The summed E-state index contributed by atoms with van der Waals surface area (Å²) in [6.07, 6.45) is 3.58. The van der Waals surface area contributed by atoms with Crippen molar-refractivity contribution in [1.29, 1.82) is 0 Å². The van der Waals surface area contributed by atoms with Crippen molar-refractivity contribution in [1.82, 2.24) is 5.32 Å². The highest BCUT2D eigenvalue weighted by Gasteiger charge is 2.19. The summed E-state index contributed by atoms with van der Waals surface area (Å²) in [5, 5.41) is 2.85. The van der Waals surface area contributed by atoms with Crippen LogP contribution in [0.3, 0.4) is 0 Å². The van der Waals surface area contributed by atoms with Gasteiger partial charge in [0.15, 0.2) is 6.10 Å². The summed E-state index contributed by atoms with van der Waals surface area (Å²) in [5.41, 5.74) is 1.57. The lowest BCUT2D eigenvalue weighted by atomic mass is 10.1. The number of nitrogens with one attached hydrogen (secondary N) is 1. The number of hydrogen-bond acceptors (Lipinski definition) is 6. The molecule has 1 N–H and O–H groups in total. The average Bonchev–Trinajstić information content (AvgIpc) is 3.01. The van der Waals surface area contributed by atoms with Gasteiger partial charge in [0.1, 0.15) is 11.3 Å². The minimum Gasteiger partial charge on any atom is -0.460 e. The molecule has 2 aromatic rings. The maximum absolute atomic E-state index is 12.0. The van der Waals surface area contributed by atoms with Gasteiger partial charge >= 0.3 is 12.1 Å². The number of hydrogen-bond donors (Lipinski definition) is 1. The van der Waals surface area contributed by atoms with E-state index in [0.29, 0.717) is 0 Å². The third-order valence-corrected chi connectivity index (χ3v) is 3.93. The number of unbranched alkanes of at least 4 members (excludes halogenated alkanes) is 1. The molecular formula is C20H23NO6. The fraction of sp³-hybridized carbons (Fsp3) is 0.350. The van der Waals surface area contributed by atoms with Crippen molar-refractivity contribution in [3.05, 3.63) is 41.7 Å². The van der Waals surface area contributed by atoms with Crippen LogP contribution in [0.4, 0.5) is 4.79 Å². The highest BCUT2D eigenvalue weighted by Crippen LogP contribution is 2.28. The lowest BCUT2D eigenvalue weighted by molar-refractivity contribution is -0.149. The van der Waals surface area contributed by atoms with Crippen LogP contribution in [-0.2, 0) is 25.5 Å². The van der Waals surface area contributed by atoms with E-state index in [4.69, 9.17) is 9.15 Å². The summed E-state index contributed by atoms with van der Waals surface area (Å²) in [6.45, 7) is 3.46. The van der Waals surface area contributed by atoms with E-state index < -0.39 is 24.1 Å². The maximum Gasteiger partial charge on any atom is 0.413 e. The Morgan fingerprint density at radius 3 is 2.70 bits per heavy atom. The van der Waals surface area contributed by atoms with Gasteiger partial charge in [0.2, 0.25) is 0 Å². The zero-order chi connectivity index (χ0) is 19.8. The standard InChI is InChI=1S/C20H23NO6/c1-4-5-9-16-15(14-8-6-7-10-17(14)27-16)11-12-18(22)26-13(2)19(23)21-20(24)25-3/h6-8,10-13H,4-5,9H2,1-3H3,(H,21,23,24)/b12-11+/t13-/m0/s1. The van der Waals surface area contributed by atoms with Crippen LogP contribution in [0.2, 0.25) is 0 Å². The molecule has 0 fully saturated rings. The lowest BCUT2D eigenvalue weighted by Gasteiger charge is -2.10. The van der Waals surface area contributed by atoms with Crippen molar-refractivity contribution >= 4 is 35.0 Å². The summed E-state index contributed by atoms with van der Waals surface area (Å²) in [6, 6.07) is 7.58. The van der Waals surface area contributed by atoms with E-state index in [1.807, 2.05) is 29.6 Å². The molecule has 0 saturated carbocycles. The molecule has 0 unspecified atom stereocenters. The Balaban J connectivity index is 2.11. The molecule has 0 aliphatic carbocycles. The Bertz CT molecular complexity index is 851. The number of para-hydroxylation sites is 1. The molecule has 0 radical (unpaired) electrons. The molecule has 1 aromatic carbocycles. The van der Waals surface area contributed by atoms with Crippen molar-refractivity contribution in [3.63, 3.8) is 0 Å². The number of benzene rings is 1. The number of methoxy groups -OCH3 is 1. The quantitative estimate of drug-likeness (QED) is 0.588. The molecule has 144 valence electrons. The molecule has 0 bridgehead atoms. The molecule has 0 aliphatic heterocycles. The number of alkyl carbamates (subject to hydrolysis) is 1. The van der Waals surface area contributed by atoms with Gasteiger partial charge in [-0.3, -0.25) is 10.1 Å². The van der Waals surface area contributed by atoms with Crippen LogP contribution in [0.15, 0.2) is 34.8 Å². The minimum atomic E-state index is -1.14. The van der Waals surface area contributed by atoms with Gasteiger partial charge in [0.25, 0.3) is 5.91 Å². The number of esters is 1. The van der Waals surface area contributed by atoms with E-state index in [1.165, 1.54) is 13.0 Å². The highest BCUT2D eigenvalue weighted by atomic mass is 16.6. The SMILES string of the molecule is CCCCc1oc2ccccc2c1/C=C/C(=O)O[C@@H](C)C(=O)NC(=O)OC. The van der Waals surface area contributed by atoms with Gasteiger partial charge in [0.05, 0.1) is 7.11 Å². The number of amides is 2. The van der Waals surface area contributed by atoms with Crippen LogP contribution in [0.5, 0.6) is 0 Å². The first-order chi connectivity index (χ1) is 13.0. The van der Waals surface area contributed by atoms with Gasteiger partial charge in [-0.1, -0.05) is 31.5 Å². The lowest BCUT2D eigenvalue weighted by Crippen LogP contribution is -2.39. The van der Waals surface area contributed by atoms with Crippen LogP contribution in [0, 0.1) is 0 Å². The second-order valence-corrected chi connectivity index (χ2v) is 5.93. The first-order valence-electron chi connectivity index (χ1n) is 8.74. The number of rotatable bonds is 7. The molecule has 1 atom stereocenters. The number of carbonyl (C=O) groups excluding carboxylic acids is 3. The van der Waals surface area contributed by atoms with E-state index >= 15 is 0 Å². The number of furan rings is 1.